The van der Waals surface area contributed by atoms with E-state index in [4.69, 9.17) is 0 Å². The van der Waals surface area contributed by atoms with Crippen molar-refractivity contribution in [1.82, 2.24) is 0 Å². The van der Waals surface area contributed by atoms with Gasteiger partial charge in [-0.3, -0.25) is 4.79 Å². The Balaban J connectivity index is 2.91. The first kappa shape index (κ1) is 10.7. The molecule has 0 aliphatic rings. The molecule has 1 aromatic rings. The maximum Gasteiger partial charge on any atom is 0.282 e. The Hall–Kier alpha value is -1.35. The van der Waals surface area contributed by atoms with Gasteiger partial charge in [-0.05, 0) is 31.9 Å². The highest BCUT2D eigenvalue weighted by Crippen LogP contribution is 2.19. The molecule has 4 N–H and O–H groups in total. The Kier molecular flexibility index (Phi) is 3.25. The summed E-state index contributed by atoms with van der Waals surface area (Å²) in [5.74, 6) is -0.0394. The zero-order chi connectivity index (χ0) is 10.7. The predicted octanol–water partition coefficient (Wildman–Crippen LogP) is 0.872. The van der Waals surface area contributed by atoms with Crippen LogP contribution >= 0.6 is 0 Å². The quantitative estimate of drug-likeness (QED) is 0.719. The van der Waals surface area contributed by atoms with Crippen LogP contribution in [0.4, 0.5) is 5.69 Å². The minimum Gasteiger partial charge on any atom is -0.348 e. The van der Waals surface area contributed by atoms with Crippen molar-refractivity contribution in [2.75, 3.05) is 5.32 Å². The number of hydrogen-bond donors (Lipinski definition) is 2. The minimum atomic E-state index is -0.228. The second-order valence-electron chi connectivity index (χ2n) is 3.66. The average molecular weight is 193 g/mol. The van der Waals surface area contributed by atoms with Crippen LogP contribution in [0.25, 0.3) is 0 Å². The Labute approximate surface area is 84.3 Å². The van der Waals surface area contributed by atoms with Crippen LogP contribution in [-0.2, 0) is 4.79 Å². The van der Waals surface area contributed by atoms with Crippen LogP contribution in [0.3, 0.4) is 0 Å². The average Bonchev–Trinajstić information content (AvgIpc) is 2.11. The molecule has 3 heteroatoms. The lowest BCUT2D eigenvalue weighted by molar-refractivity contribution is -0.396. The molecule has 0 saturated heterocycles. The number of anilines is 1. The highest BCUT2D eigenvalue weighted by molar-refractivity contribution is 5.94. The highest BCUT2D eigenvalue weighted by Gasteiger charge is 2.12. The van der Waals surface area contributed by atoms with Crippen molar-refractivity contribution in [3.63, 3.8) is 0 Å². The summed E-state index contributed by atoms with van der Waals surface area (Å²) in [6.45, 7) is 5.75. The summed E-state index contributed by atoms with van der Waals surface area (Å²) in [7, 11) is 0. The monoisotopic (exact) mass is 193 g/mol. The maximum atomic E-state index is 11.4. The van der Waals surface area contributed by atoms with Crippen LogP contribution in [0.2, 0.25) is 0 Å². The summed E-state index contributed by atoms with van der Waals surface area (Å²) in [5.41, 5.74) is 6.76. The van der Waals surface area contributed by atoms with Crippen molar-refractivity contribution in [2.45, 2.75) is 26.8 Å². The van der Waals surface area contributed by atoms with E-state index in [0.29, 0.717) is 0 Å². The number of hydrogen-bond acceptors (Lipinski definition) is 1. The van der Waals surface area contributed by atoms with Gasteiger partial charge in [0.1, 0.15) is 0 Å². The van der Waals surface area contributed by atoms with Crippen molar-refractivity contribution < 1.29 is 10.5 Å². The Morgan fingerprint density at radius 3 is 2.29 bits per heavy atom. The lowest BCUT2D eigenvalue weighted by Crippen LogP contribution is -2.64. The third-order valence-corrected chi connectivity index (χ3v) is 2.18. The number of amides is 1. The van der Waals surface area contributed by atoms with E-state index in [-0.39, 0.29) is 11.9 Å². The molecule has 3 nitrogen and oxygen atoms in total. The predicted molar refractivity (Wildman–Crippen MR) is 56.9 cm³/mol. The summed E-state index contributed by atoms with van der Waals surface area (Å²) in [6.07, 6.45) is 0. The smallest absolute Gasteiger partial charge is 0.282 e. The molecule has 0 radical (unpaired) electrons. The van der Waals surface area contributed by atoms with Gasteiger partial charge in [-0.25, -0.2) is 0 Å². The van der Waals surface area contributed by atoms with Gasteiger partial charge in [-0.2, -0.15) is 0 Å². The number of rotatable bonds is 2. The number of carbonyl (C=O) groups is 1. The fourth-order valence-corrected chi connectivity index (χ4v) is 1.26. The Morgan fingerprint density at radius 2 is 1.86 bits per heavy atom. The number of carbonyl (C=O) groups excluding carboxylic acids is 1. The van der Waals surface area contributed by atoms with Gasteiger partial charge in [0.25, 0.3) is 5.91 Å². The zero-order valence-electron chi connectivity index (χ0n) is 8.92. The van der Waals surface area contributed by atoms with Gasteiger partial charge in [-0.15, -0.1) is 0 Å². The Bertz CT molecular complexity index is 325. The van der Waals surface area contributed by atoms with Gasteiger partial charge < -0.3 is 11.1 Å². The van der Waals surface area contributed by atoms with Crippen LogP contribution in [-0.4, -0.2) is 11.9 Å². The van der Waals surface area contributed by atoms with Crippen LogP contribution in [0.1, 0.15) is 18.1 Å². The summed E-state index contributed by atoms with van der Waals surface area (Å²) in [5, 5.41) is 2.88. The topological polar surface area (TPSA) is 56.7 Å². The van der Waals surface area contributed by atoms with Crippen molar-refractivity contribution in [1.29, 1.82) is 0 Å². The molecule has 0 aliphatic heterocycles. The molecule has 0 bridgehead atoms. The first-order chi connectivity index (χ1) is 6.52. The van der Waals surface area contributed by atoms with E-state index in [1.807, 2.05) is 32.0 Å². The Morgan fingerprint density at radius 1 is 1.36 bits per heavy atom. The van der Waals surface area contributed by atoms with Crippen LogP contribution in [0.15, 0.2) is 18.2 Å². The molecule has 1 aromatic carbocycles. The molecule has 0 aromatic heterocycles. The molecule has 0 spiro atoms. The van der Waals surface area contributed by atoms with Gasteiger partial charge in [0, 0.05) is 5.69 Å². The lowest BCUT2D eigenvalue weighted by Gasteiger charge is -2.11. The van der Waals surface area contributed by atoms with Gasteiger partial charge in [0.15, 0.2) is 6.04 Å². The number of para-hydroxylation sites is 1. The van der Waals surface area contributed by atoms with Gasteiger partial charge in [-0.1, -0.05) is 18.2 Å². The third kappa shape index (κ3) is 2.33. The zero-order valence-corrected chi connectivity index (χ0v) is 8.92. The van der Waals surface area contributed by atoms with Crippen LogP contribution in [0, 0.1) is 13.8 Å². The normalized spacial score (nSPS) is 12.3. The van der Waals surface area contributed by atoms with Crippen LogP contribution < -0.4 is 11.1 Å². The lowest BCUT2D eigenvalue weighted by atomic mass is 10.1. The van der Waals surface area contributed by atoms with E-state index in [2.05, 4.69) is 11.1 Å². The van der Waals surface area contributed by atoms with Crippen molar-refractivity contribution >= 4 is 11.6 Å². The van der Waals surface area contributed by atoms with E-state index >= 15 is 0 Å². The van der Waals surface area contributed by atoms with Crippen molar-refractivity contribution in [3.05, 3.63) is 29.3 Å². The van der Waals surface area contributed by atoms with E-state index in [0.717, 1.165) is 16.8 Å². The van der Waals surface area contributed by atoms with E-state index in [1.165, 1.54) is 0 Å². The standard InChI is InChI=1S/C11H16N2O/c1-7-5-4-6-8(2)10(7)13-11(14)9(3)12/h4-6,9H,12H2,1-3H3,(H,13,14)/p+1/t9-/m1/s1. The molecule has 1 rings (SSSR count). The molecule has 0 saturated carbocycles. The summed E-state index contributed by atoms with van der Waals surface area (Å²) in [4.78, 5) is 11.4. The minimum absolute atomic E-state index is 0.0394. The third-order valence-electron chi connectivity index (χ3n) is 2.18. The first-order valence-electron chi connectivity index (χ1n) is 4.72. The van der Waals surface area contributed by atoms with Gasteiger partial charge in [0.05, 0.1) is 0 Å². The van der Waals surface area contributed by atoms with E-state index < -0.39 is 0 Å². The molecular formula is C11H17N2O+. The summed E-state index contributed by atoms with van der Waals surface area (Å²) >= 11 is 0. The number of aryl methyl sites for hydroxylation is 2. The summed E-state index contributed by atoms with van der Waals surface area (Å²) < 4.78 is 0. The molecule has 14 heavy (non-hydrogen) atoms. The van der Waals surface area contributed by atoms with Crippen LogP contribution in [0.5, 0.6) is 0 Å². The molecule has 0 fully saturated rings. The first-order valence-corrected chi connectivity index (χ1v) is 4.72. The molecule has 1 atom stereocenters. The molecule has 0 heterocycles. The maximum absolute atomic E-state index is 11.4. The number of quaternary nitrogens is 1. The highest BCUT2D eigenvalue weighted by atomic mass is 16.2. The SMILES string of the molecule is Cc1cccc(C)c1NC(=O)[C@@H](C)[NH3+]. The summed E-state index contributed by atoms with van der Waals surface area (Å²) in [6, 6.07) is 5.72. The fraction of sp³-hybridized carbons (Fsp3) is 0.364. The van der Waals surface area contributed by atoms with Crippen molar-refractivity contribution in [3.8, 4) is 0 Å². The second-order valence-corrected chi connectivity index (χ2v) is 3.66. The largest absolute Gasteiger partial charge is 0.348 e. The second kappa shape index (κ2) is 4.24. The fourth-order valence-electron chi connectivity index (χ4n) is 1.26. The molecular weight excluding hydrogens is 176 g/mol. The molecule has 0 unspecified atom stereocenters. The number of benzene rings is 1. The van der Waals surface area contributed by atoms with E-state index in [9.17, 15) is 4.79 Å². The van der Waals surface area contributed by atoms with Crippen molar-refractivity contribution in [2.24, 2.45) is 0 Å². The molecule has 76 valence electrons. The molecule has 0 aliphatic carbocycles. The molecule has 1 amide bonds. The number of nitrogens with one attached hydrogen (secondary N) is 1. The van der Waals surface area contributed by atoms with Gasteiger partial charge in [0.2, 0.25) is 0 Å². The van der Waals surface area contributed by atoms with Gasteiger partial charge >= 0.3 is 0 Å². The van der Waals surface area contributed by atoms with E-state index in [1.54, 1.807) is 6.92 Å².